The zero-order valence-corrected chi connectivity index (χ0v) is 16.4. The van der Waals surface area contributed by atoms with E-state index in [1.54, 1.807) is 0 Å². The van der Waals surface area contributed by atoms with Gasteiger partial charge in [-0.05, 0) is 38.1 Å². The number of carbonyl (C=O) groups is 4. The third kappa shape index (κ3) is 10.8. The van der Waals surface area contributed by atoms with E-state index < -0.39 is 55.0 Å². The lowest BCUT2D eigenvalue weighted by molar-refractivity contribution is -0.142. The van der Waals surface area contributed by atoms with Gasteiger partial charge in [-0.25, -0.2) is 4.79 Å². The quantitative estimate of drug-likeness (QED) is 0.156. The first-order valence-electron chi connectivity index (χ1n) is 9.29. The Morgan fingerprint density at radius 1 is 1.00 bits per heavy atom. The number of amides is 3. The summed E-state index contributed by atoms with van der Waals surface area (Å²) >= 11 is 0. The minimum absolute atomic E-state index is 0.0534. The van der Waals surface area contributed by atoms with Crippen LogP contribution in [0.25, 0.3) is 0 Å². The molecule has 0 rings (SSSR count). The van der Waals surface area contributed by atoms with Crippen molar-refractivity contribution in [2.75, 3.05) is 19.7 Å². The Labute approximate surface area is 164 Å². The number of aliphatic hydroxyl groups excluding tert-OH is 1. The maximum Gasteiger partial charge on any atom is 0.326 e. The van der Waals surface area contributed by atoms with E-state index in [0.29, 0.717) is 19.4 Å². The smallest absolute Gasteiger partial charge is 0.326 e. The third-order valence-corrected chi connectivity index (χ3v) is 3.88. The molecule has 0 aromatic rings. The monoisotopic (exact) mass is 403 g/mol. The van der Waals surface area contributed by atoms with Crippen LogP contribution in [0.2, 0.25) is 0 Å². The number of nitrogens with one attached hydrogen (secondary N) is 3. The van der Waals surface area contributed by atoms with Crippen molar-refractivity contribution < 1.29 is 29.4 Å². The second-order valence-corrected chi connectivity index (χ2v) is 6.94. The van der Waals surface area contributed by atoms with Crippen molar-refractivity contribution in [2.45, 2.75) is 57.7 Å². The van der Waals surface area contributed by atoms with Gasteiger partial charge in [-0.3, -0.25) is 14.4 Å². The second kappa shape index (κ2) is 13.9. The molecule has 0 heterocycles. The molecule has 0 saturated carbocycles. The topological polar surface area (TPSA) is 197 Å². The van der Waals surface area contributed by atoms with E-state index >= 15 is 0 Å². The molecule has 3 amide bonds. The molecule has 3 atom stereocenters. The van der Waals surface area contributed by atoms with Crippen molar-refractivity contribution in [3.05, 3.63) is 0 Å². The molecule has 0 spiro atoms. The van der Waals surface area contributed by atoms with Crippen LogP contribution in [-0.4, -0.2) is 71.7 Å². The summed E-state index contributed by atoms with van der Waals surface area (Å²) in [7, 11) is 0. The zero-order valence-electron chi connectivity index (χ0n) is 16.4. The SMILES string of the molecule is CC(C)CC(NC(=O)C(CCCCN)NC(=O)CNC(=O)C(N)CO)C(=O)O. The Balaban J connectivity index is 4.90. The molecule has 9 N–H and O–H groups in total. The summed E-state index contributed by atoms with van der Waals surface area (Å²) in [5.41, 5.74) is 10.8. The van der Waals surface area contributed by atoms with Gasteiger partial charge in [0.15, 0.2) is 0 Å². The first kappa shape index (κ1) is 25.8. The summed E-state index contributed by atoms with van der Waals surface area (Å²) in [5, 5.41) is 25.3. The van der Waals surface area contributed by atoms with Crippen molar-refractivity contribution in [3.63, 3.8) is 0 Å². The van der Waals surface area contributed by atoms with Gasteiger partial charge in [-0.2, -0.15) is 0 Å². The van der Waals surface area contributed by atoms with Crippen LogP contribution in [0.1, 0.15) is 39.5 Å². The standard InChI is InChI=1S/C17H33N5O6/c1-10(2)7-13(17(27)28)22-16(26)12(5-3-4-6-18)21-14(24)8-20-15(25)11(19)9-23/h10-13,23H,3-9,18-19H2,1-2H3,(H,20,25)(H,21,24)(H,22,26)(H,27,28). The highest BCUT2D eigenvalue weighted by atomic mass is 16.4. The Morgan fingerprint density at radius 3 is 2.14 bits per heavy atom. The van der Waals surface area contributed by atoms with Crippen molar-refractivity contribution >= 4 is 23.7 Å². The molecule has 162 valence electrons. The van der Waals surface area contributed by atoms with Gasteiger partial charge < -0.3 is 37.6 Å². The number of aliphatic carboxylic acids is 1. The minimum Gasteiger partial charge on any atom is -0.480 e. The van der Waals surface area contributed by atoms with E-state index in [-0.39, 0.29) is 18.8 Å². The fourth-order valence-corrected chi connectivity index (χ4v) is 2.35. The van der Waals surface area contributed by atoms with Crippen LogP contribution in [-0.2, 0) is 19.2 Å². The summed E-state index contributed by atoms with van der Waals surface area (Å²) in [4.78, 5) is 47.4. The number of rotatable bonds is 14. The average Bonchev–Trinajstić information content (AvgIpc) is 2.63. The predicted octanol–water partition coefficient (Wildman–Crippen LogP) is -2.35. The van der Waals surface area contributed by atoms with Crippen LogP contribution < -0.4 is 27.4 Å². The molecule has 0 radical (unpaired) electrons. The highest BCUT2D eigenvalue weighted by Crippen LogP contribution is 2.07. The number of carbonyl (C=O) groups excluding carboxylic acids is 3. The lowest BCUT2D eigenvalue weighted by Crippen LogP contribution is -2.54. The molecule has 11 heteroatoms. The molecule has 0 aromatic heterocycles. The molecule has 0 fully saturated rings. The van der Waals surface area contributed by atoms with E-state index in [2.05, 4.69) is 16.0 Å². The molecule has 0 saturated heterocycles. The molecule has 0 aliphatic rings. The van der Waals surface area contributed by atoms with E-state index in [4.69, 9.17) is 16.6 Å². The molecule has 0 aliphatic carbocycles. The van der Waals surface area contributed by atoms with Crippen LogP contribution >= 0.6 is 0 Å². The van der Waals surface area contributed by atoms with Crippen LogP contribution in [0.5, 0.6) is 0 Å². The van der Waals surface area contributed by atoms with E-state index in [1.165, 1.54) is 0 Å². The summed E-state index contributed by atoms with van der Waals surface area (Å²) in [6.07, 6.45) is 1.71. The predicted molar refractivity (Wildman–Crippen MR) is 102 cm³/mol. The molecular formula is C17H33N5O6. The highest BCUT2D eigenvalue weighted by molar-refractivity contribution is 5.92. The third-order valence-electron chi connectivity index (χ3n) is 3.88. The molecular weight excluding hydrogens is 370 g/mol. The molecule has 0 aromatic carbocycles. The molecule has 28 heavy (non-hydrogen) atoms. The van der Waals surface area contributed by atoms with Gasteiger partial charge in [0.2, 0.25) is 17.7 Å². The Bertz CT molecular complexity index is 528. The van der Waals surface area contributed by atoms with Gasteiger partial charge in [-0.15, -0.1) is 0 Å². The zero-order chi connectivity index (χ0) is 21.7. The van der Waals surface area contributed by atoms with Crippen LogP contribution in [0.15, 0.2) is 0 Å². The van der Waals surface area contributed by atoms with Gasteiger partial charge in [0, 0.05) is 0 Å². The van der Waals surface area contributed by atoms with Crippen LogP contribution in [0.4, 0.5) is 0 Å². The Hall–Kier alpha value is -2.24. The van der Waals surface area contributed by atoms with Crippen molar-refractivity contribution in [3.8, 4) is 0 Å². The number of carboxylic acid groups (broad SMARTS) is 1. The number of unbranched alkanes of at least 4 members (excludes halogenated alkanes) is 1. The first-order chi connectivity index (χ1) is 13.1. The Morgan fingerprint density at radius 2 is 1.64 bits per heavy atom. The lowest BCUT2D eigenvalue weighted by atomic mass is 10.0. The van der Waals surface area contributed by atoms with Gasteiger partial charge in [0.25, 0.3) is 0 Å². The average molecular weight is 403 g/mol. The van der Waals surface area contributed by atoms with Crippen molar-refractivity contribution in [1.82, 2.24) is 16.0 Å². The van der Waals surface area contributed by atoms with Gasteiger partial charge in [0.1, 0.15) is 18.1 Å². The normalized spacial score (nSPS) is 14.1. The minimum atomic E-state index is -1.15. The van der Waals surface area contributed by atoms with E-state index in [9.17, 15) is 24.3 Å². The number of hydrogen-bond donors (Lipinski definition) is 7. The molecule has 0 aliphatic heterocycles. The number of carboxylic acids is 1. The summed E-state index contributed by atoms with van der Waals surface area (Å²) in [5.74, 6) is -3.06. The van der Waals surface area contributed by atoms with Gasteiger partial charge in [-0.1, -0.05) is 13.8 Å². The van der Waals surface area contributed by atoms with Crippen LogP contribution in [0.3, 0.4) is 0 Å². The number of aliphatic hydroxyl groups is 1. The summed E-state index contributed by atoms with van der Waals surface area (Å²) < 4.78 is 0. The molecule has 11 nitrogen and oxygen atoms in total. The van der Waals surface area contributed by atoms with E-state index in [0.717, 1.165) is 0 Å². The Kier molecular flexibility index (Phi) is 12.7. The lowest BCUT2D eigenvalue weighted by Gasteiger charge is -2.22. The van der Waals surface area contributed by atoms with Gasteiger partial charge in [0.05, 0.1) is 13.2 Å². The fraction of sp³-hybridized carbons (Fsp3) is 0.765. The number of nitrogens with two attached hydrogens (primary N) is 2. The molecule has 0 bridgehead atoms. The molecule has 3 unspecified atom stereocenters. The summed E-state index contributed by atoms with van der Waals surface area (Å²) in [6, 6.07) is -3.18. The van der Waals surface area contributed by atoms with E-state index in [1.807, 2.05) is 13.8 Å². The van der Waals surface area contributed by atoms with Gasteiger partial charge >= 0.3 is 5.97 Å². The first-order valence-corrected chi connectivity index (χ1v) is 9.29. The second-order valence-electron chi connectivity index (χ2n) is 6.94. The maximum absolute atomic E-state index is 12.5. The largest absolute Gasteiger partial charge is 0.480 e. The maximum atomic E-state index is 12.5. The fourth-order valence-electron chi connectivity index (χ4n) is 2.35. The van der Waals surface area contributed by atoms with Crippen LogP contribution in [0, 0.1) is 5.92 Å². The number of hydrogen-bond acceptors (Lipinski definition) is 7. The summed E-state index contributed by atoms with van der Waals surface area (Å²) in [6.45, 7) is 3.10. The highest BCUT2D eigenvalue weighted by Gasteiger charge is 2.27. The van der Waals surface area contributed by atoms with Crippen molar-refractivity contribution in [2.24, 2.45) is 17.4 Å². The van der Waals surface area contributed by atoms with Crippen molar-refractivity contribution in [1.29, 1.82) is 0 Å².